The normalized spacial score (nSPS) is 11.2. The third kappa shape index (κ3) is 8.00. The molecule has 5 aromatic rings. The molecule has 12 heteroatoms. The third-order valence-electron chi connectivity index (χ3n) is 6.84. The van der Waals surface area contributed by atoms with Gasteiger partial charge in [-0.2, -0.15) is 0 Å². The molecule has 2 heterocycles. The Balaban J connectivity index is 1.23. The molecule has 226 valence electrons. The van der Waals surface area contributed by atoms with Crippen LogP contribution >= 0.6 is 0 Å². The highest BCUT2D eigenvalue weighted by atomic mass is 16.2. The van der Waals surface area contributed by atoms with Gasteiger partial charge in [0.1, 0.15) is 11.4 Å². The molecule has 0 aliphatic carbocycles. The van der Waals surface area contributed by atoms with Crippen molar-refractivity contribution in [2.75, 3.05) is 51.9 Å². The quantitative estimate of drug-likeness (QED) is 0.223. The van der Waals surface area contributed by atoms with Gasteiger partial charge in [0.25, 0.3) is 0 Å². The Bertz CT molecular complexity index is 1580. The van der Waals surface area contributed by atoms with E-state index in [0.29, 0.717) is 37.3 Å². The summed E-state index contributed by atoms with van der Waals surface area (Å²) in [7, 11) is 7.76. The van der Waals surface area contributed by atoms with E-state index in [9.17, 15) is 9.59 Å². The van der Waals surface area contributed by atoms with Crippen LogP contribution in [0.3, 0.4) is 0 Å². The summed E-state index contributed by atoms with van der Waals surface area (Å²) in [5, 5.41) is 23.2. The van der Waals surface area contributed by atoms with Gasteiger partial charge in [0, 0.05) is 48.4 Å². The first-order valence-electron chi connectivity index (χ1n) is 14.3. The Labute approximate surface area is 256 Å². The topological polar surface area (TPSA) is 126 Å². The van der Waals surface area contributed by atoms with Crippen LogP contribution in [0.25, 0.3) is 33.9 Å². The fraction of sp³-hybridized carbons (Fsp3) is 0.250. The predicted molar refractivity (Wildman–Crippen MR) is 171 cm³/mol. The molecule has 0 saturated heterocycles. The van der Waals surface area contributed by atoms with Crippen molar-refractivity contribution in [3.8, 4) is 33.9 Å². The van der Waals surface area contributed by atoms with E-state index < -0.39 is 0 Å². The number of anilines is 2. The summed E-state index contributed by atoms with van der Waals surface area (Å²) in [5.41, 5.74) is 6.33. The average molecular weight is 593 g/mol. The van der Waals surface area contributed by atoms with Crippen LogP contribution in [0.1, 0.15) is 12.8 Å². The van der Waals surface area contributed by atoms with Crippen LogP contribution in [0.5, 0.6) is 0 Å². The van der Waals surface area contributed by atoms with Crippen LogP contribution in [0.15, 0.2) is 85.2 Å². The first-order valence-corrected chi connectivity index (χ1v) is 14.3. The van der Waals surface area contributed by atoms with Crippen molar-refractivity contribution >= 4 is 23.2 Å². The van der Waals surface area contributed by atoms with Crippen molar-refractivity contribution in [3.63, 3.8) is 0 Å². The van der Waals surface area contributed by atoms with Gasteiger partial charge in [-0.05, 0) is 82.8 Å². The molecular formula is C32H36N10O2. The first-order chi connectivity index (χ1) is 21.2. The van der Waals surface area contributed by atoms with Gasteiger partial charge in [-0.25, -0.2) is 9.36 Å². The van der Waals surface area contributed by atoms with Crippen LogP contribution in [-0.4, -0.2) is 92.9 Å². The minimum absolute atomic E-state index is 0.0241. The maximum absolute atomic E-state index is 12.1. The second-order valence-electron chi connectivity index (χ2n) is 11.0. The largest absolute Gasteiger partial charge is 0.326 e. The number of rotatable bonds is 12. The number of nitrogens with zero attached hydrogens (tertiary/aromatic N) is 8. The molecule has 0 aliphatic heterocycles. The molecule has 0 atom stereocenters. The molecule has 0 bridgehead atoms. The zero-order valence-corrected chi connectivity index (χ0v) is 25.3. The Morgan fingerprint density at radius 3 is 1.43 bits per heavy atom. The second kappa shape index (κ2) is 13.8. The molecule has 0 aliphatic rings. The van der Waals surface area contributed by atoms with Crippen molar-refractivity contribution in [2.45, 2.75) is 12.8 Å². The SMILES string of the molecule is CN(C)CCC(=O)Nc1ccc(-n2cc(-c3cccc(-c4cn(-c5ccc(NC(=O)CCN(C)C)cc5)nn4)c3)nn2)cc1. The van der Waals surface area contributed by atoms with Crippen molar-refractivity contribution in [2.24, 2.45) is 0 Å². The Kier molecular flexibility index (Phi) is 9.52. The summed E-state index contributed by atoms with van der Waals surface area (Å²) >= 11 is 0. The molecule has 2 aromatic heterocycles. The van der Waals surface area contributed by atoms with Gasteiger partial charge in [0.15, 0.2) is 0 Å². The number of benzene rings is 3. The minimum Gasteiger partial charge on any atom is -0.326 e. The Morgan fingerprint density at radius 1 is 0.636 bits per heavy atom. The van der Waals surface area contributed by atoms with E-state index in [1.165, 1.54) is 0 Å². The van der Waals surface area contributed by atoms with E-state index in [-0.39, 0.29) is 11.8 Å². The molecule has 3 aromatic carbocycles. The lowest BCUT2D eigenvalue weighted by molar-refractivity contribution is -0.117. The lowest BCUT2D eigenvalue weighted by Gasteiger charge is -2.10. The number of aromatic nitrogens is 6. The van der Waals surface area contributed by atoms with Crippen LogP contribution < -0.4 is 10.6 Å². The number of carbonyl (C=O) groups is 2. The van der Waals surface area contributed by atoms with Crippen molar-refractivity contribution in [1.29, 1.82) is 0 Å². The summed E-state index contributed by atoms with van der Waals surface area (Å²) in [5.74, 6) is -0.0482. The molecule has 12 nitrogen and oxygen atoms in total. The van der Waals surface area contributed by atoms with Gasteiger partial charge < -0.3 is 20.4 Å². The van der Waals surface area contributed by atoms with Gasteiger partial charge in [-0.3, -0.25) is 9.59 Å². The highest BCUT2D eigenvalue weighted by Crippen LogP contribution is 2.25. The van der Waals surface area contributed by atoms with E-state index in [0.717, 1.165) is 33.9 Å². The second-order valence-corrected chi connectivity index (χ2v) is 11.0. The number of carbonyl (C=O) groups excluding carboxylic acids is 2. The van der Waals surface area contributed by atoms with Gasteiger partial charge in [0.2, 0.25) is 11.8 Å². The molecule has 0 spiro atoms. The minimum atomic E-state index is -0.0241. The first kappa shape index (κ1) is 30.3. The smallest absolute Gasteiger partial charge is 0.225 e. The molecule has 0 fully saturated rings. The summed E-state index contributed by atoms with van der Waals surface area (Å²) in [6.45, 7) is 1.39. The molecular weight excluding hydrogens is 556 g/mol. The summed E-state index contributed by atoms with van der Waals surface area (Å²) in [4.78, 5) is 28.2. The lowest BCUT2D eigenvalue weighted by atomic mass is 10.1. The van der Waals surface area contributed by atoms with E-state index in [1.54, 1.807) is 9.36 Å². The summed E-state index contributed by atoms with van der Waals surface area (Å²) in [6, 6.07) is 22.9. The molecule has 0 unspecified atom stereocenters. The number of hydrogen-bond acceptors (Lipinski definition) is 8. The zero-order valence-electron chi connectivity index (χ0n) is 25.3. The van der Waals surface area contributed by atoms with Crippen LogP contribution in [0, 0.1) is 0 Å². The van der Waals surface area contributed by atoms with Gasteiger partial charge in [-0.15, -0.1) is 10.2 Å². The van der Waals surface area contributed by atoms with E-state index in [2.05, 4.69) is 31.3 Å². The summed E-state index contributed by atoms with van der Waals surface area (Å²) in [6.07, 6.45) is 4.59. The number of nitrogens with one attached hydrogen (secondary N) is 2. The van der Waals surface area contributed by atoms with E-state index in [4.69, 9.17) is 0 Å². The number of hydrogen-bond donors (Lipinski definition) is 2. The van der Waals surface area contributed by atoms with Crippen molar-refractivity contribution in [3.05, 3.63) is 85.2 Å². The van der Waals surface area contributed by atoms with Crippen LogP contribution in [-0.2, 0) is 9.59 Å². The average Bonchev–Trinajstić information content (AvgIpc) is 3.71. The van der Waals surface area contributed by atoms with Gasteiger partial charge in [-0.1, -0.05) is 28.6 Å². The maximum atomic E-state index is 12.1. The Morgan fingerprint density at radius 2 is 1.05 bits per heavy atom. The van der Waals surface area contributed by atoms with Crippen molar-refractivity contribution < 1.29 is 9.59 Å². The molecule has 5 rings (SSSR count). The maximum Gasteiger partial charge on any atom is 0.225 e. The molecule has 0 saturated carbocycles. The van der Waals surface area contributed by atoms with Gasteiger partial charge >= 0.3 is 0 Å². The van der Waals surface area contributed by atoms with Crippen molar-refractivity contribution in [1.82, 2.24) is 39.8 Å². The predicted octanol–water partition coefficient (Wildman–Crippen LogP) is 3.96. The Hall–Kier alpha value is -5.20. The fourth-order valence-corrected chi connectivity index (χ4v) is 4.37. The van der Waals surface area contributed by atoms with Gasteiger partial charge in [0.05, 0.1) is 23.8 Å². The highest BCUT2D eigenvalue weighted by molar-refractivity contribution is 5.91. The van der Waals surface area contributed by atoms with E-state index >= 15 is 0 Å². The number of amides is 2. The zero-order chi connectivity index (χ0) is 31.1. The summed E-state index contributed by atoms with van der Waals surface area (Å²) < 4.78 is 3.40. The fourth-order valence-electron chi connectivity index (χ4n) is 4.37. The molecule has 44 heavy (non-hydrogen) atoms. The molecule has 0 radical (unpaired) electrons. The molecule has 2 N–H and O–H groups in total. The standard InChI is InChI=1S/C32H36N10O2/c1-39(2)18-16-31(43)33-25-8-12-27(13-9-25)41-21-29(35-37-41)23-6-5-7-24(20-23)30-22-42(38-36-30)28-14-10-26(11-15-28)34-32(44)17-19-40(3)4/h5-15,20-22H,16-19H2,1-4H3,(H,33,43)(H,34,44). The third-order valence-corrected chi connectivity index (χ3v) is 6.84. The highest BCUT2D eigenvalue weighted by Gasteiger charge is 2.11. The monoisotopic (exact) mass is 592 g/mol. The van der Waals surface area contributed by atoms with E-state index in [1.807, 2.05) is 123 Å². The van der Waals surface area contributed by atoms with Crippen LogP contribution in [0.4, 0.5) is 11.4 Å². The van der Waals surface area contributed by atoms with Crippen LogP contribution in [0.2, 0.25) is 0 Å². The lowest BCUT2D eigenvalue weighted by Crippen LogP contribution is -2.20. The molecule has 2 amide bonds.